The van der Waals surface area contributed by atoms with Gasteiger partial charge in [-0.25, -0.2) is 0 Å². The topological polar surface area (TPSA) is 62.6 Å². The van der Waals surface area contributed by atoms with E-state index in [0.29, 0.717) is 18.6 Å². The first-order valence-corrected chi connectivity index (χ1v) is 7.32. The lowest BCUT2D eigenvalue weighted by Gasteiger charge is -2.36. The van der Waals surface area contributed by atoms with Crippen molar-refractivity contribution >= 4 is 6.47 Å². The van der Waals surface area contributed by atoms with Crippen molar-refractivity contribution in [1.82, 2.24) is 4.90 Å². The molecular weight excluding hydrogens is 268 g/mol. The highest BCUT2D eigenvalue weighted by Crippen LogP contribution is 2.32. The average molecular weight is 286 g/mol. The number of rotatable bonds is 4. The first-order chi connectivity index (χ1) is 10.3. The number of hydrogen-bond donors (Lipinski definition) is 0. The Kier molecular flexibility index (Phi) is 4.07. The molecule has 0 aromatic heterocycles. The van der Waals surface area contributed by atoms with Crippen LogP contribution in [-0.2, 0) is 16.0 Å². The number of carbonyl (C=O) groups is 1. The van der Waals surface area contributed by atoms with Crippen molar-refractivity contribution in [2.45, 2.75) is 38.0 Å². The molecule has 2 aliphatic heterocycles. The molecular formula is C16H18N2O3. The van der Waals surface area contributed by atoms with E-state index in [1.165, 1.54) is 0 Å². The van der Waals surface area contributed by atoms with E-state index in [-0.39, 0.29) is 12.3 Å². The standard InChI is InChI=1S/C16H18N2O3/c17-9-12-3-5-15-13(8-12)4-6-16(21-15)18-7-1-2-14(18)10-20-11-19/h3,5,8,11,14,16H,1-2,4,6-7,10H2. The summed E-state index contributed by atoms with van der Waals surface area (Å²) in [5, 5.41) is 8.94. The molecule has 1 fully saturated rings. The molecule has 0 amide bonds. The average Bonchev–Trinajstić information content (AvgIpc) is 3.00. The van der Waals surface area contributed by atoms with Crippen molar-refractivity contribution in [1.29, 1.82) is 5.26 Å². The Morgan fingerprint density at radius 2 is 2.38 bits per heavy atom. The molecule has 2 aliphatic rings. The Labute approximate surface area is 124 Å². The highest BCUT2D eigenvalue weighted by atomic mass is 16.5. The van der Waals surface area contributed by atoms with Gasteiger partial charge in [-0.3, -0.25) is 9.69 Å². The monoisotopic (exact) mass is 286 g/mol. The molecule has 0 aliphatic carbocycles. The van der Waals surface area contributed by atoms with Crippen LogP contribution in [0.25, 0.3) is 0 Å². The fourth-order valence-electron chi connectivity index (χ4n) is 3.24. The minimum Gasteiger partial charge on any atom is -0.475 e. The molecule has 0 bridgehead atoms. The molecule has 0 spiro atoms. The summed E-state index contributed by atoms with van der Waals surface area (Å²) in [5.74, 6) is 0.868. The van der Waals surface area contributed by atoms with Gasteiger partial charge in [0.25, 0.3) is 6.47 Å². The van der Waals surface area contributed by atoms with E-state index < -0.39 is 0 Å². The molecule has 2 heterocycles. The molecule has 5 nitrogen and oxygen atoms in total. The van der Waals surface area contributed by atoms with Gasteiger partial charge in [-0.05, 0) is 43.0 Å². The zero-order valence-corrected chi connectivity index (χ0v) is 11.8. The maximum Gasteiger partial charge on any atom is 0.293 e. The van der Waals surface area contributed by atoms with E-state index >= 15 is 0 Å². The minimum absolute atomic E-state index is 0.0354. The Hall–Kier alpha value is -2.06. The van der Waals surface area contributed by atoms with Crippen LogP contribution in [0.2, 0.25) is 0 Å². The lowest BCUT2D eigenvalue weighted by atomic mass is 10.0. The number of benzene rings is 1. The minimum atomic E-state index is 0.0354. The first-order valence-electron chi connectivity index (χ1n) is 7.32. The van der Waals surface area contributed by atoms with Gasteiger partial charge in [0, 0.05) is 19.0 Å². The van der Waals surface area contributed by atoms with Gasteiger partial charge in [0.05, 0.1) is 11.6 Å². The molecule has 3 rings (SSSR count). The number of hydrogen-bond acceptors (Lipinski definition) is 5. The second kappa shape index (κ2) is 6.15. The highest BCUT2D eigenvalue weighted by molar-refractivity contribution is 5.43. The largest absolute Gasteiger partial charge is 0.475 e. The van der Waals surface area contributed by atoms with Crippen LogP contribution >= 0.6 is 0 Å². The van der Waals surface area contributed by atoms with Crippen LogP contribution in [0.4, 0.5) is 0 Å². The zero-order chi connectivity index (χ0) is 14.7. The summed E-state index contributed by atoms with van der Waals surface area (Å²) in [6.07, 6.45) is 3.99. The van der Waals surface area contributed by atoms with Gasteiger partial charge in [0.1, 0.15) is 12.4 Å². The summed E-state index contributed by atoms with van der Waals surface area (Å²) in [6.45, 7) is 1.92. The van der Waals surface area contributed by atoms with Crippen molar-refractivity contribution in [2.75, 3.05) is 13.2 Å². The quantitative estimate of drug-likeness (QED) is 0.790. The van der Waals surface area contributed by atoms with Crippen LogP contribution in [0.5, 0.6) is 5.75 Å². The maximum absolute atomic E-state index is 10.4. The summed E-state index contributed by atoms with van der Waals surface area (Å²) in [6, 6.07) is 7.99. The fraction of sp³-hybridized carbons (Fsp3) is 0.500. The maximum atomic E-state index is 10.4. The van der Waals surface area contributed by atoms with Gasteiger partial charge in [-0.1, -0.05) is 0 Å². The predicted octanol–water partition coefficient (Wildman–Crippen LogP) is 1.85. The summed E-state index contributed by atoms with van der Waals surface area (Å²) in [5.41, 5.74) is 1.78. The van der Waals surface area contributed by atoms with Crippen molar-refractivity contribution in [3.63, 3.8) is 0 Å². The van der Waals surface area contributed by atoms with Gasteiger partial charge < -0.3 is 9.47 Å². The zero-order valence-electron chi connectivity index (χ0n) is 11.8. The number of aryl methyl sites for hydroxylation is 1. The molecule has 21 heavy (non-hydrogen) atoms. The van der Waals surface area contributed by atoms with Gasteiger partial charge >= 0.3 is 0 Å². The van der Waals surface area contributed by atoms with E-state index in [1.54, 1.807) is 6.07 Å². The van der Waals surface area contributed by atoms with Gasteiger partial charge in [-0.2, -0.15) is 5.26 Å². The Balaban J connectivity index is 1.71. The second-order valence-electron chi connectivity index (χ2n) is 5.51. The summed E-state index contributed by atoms with van der Waals surface area (Å²) in [7, 11) is 0. The number of nitrogens with zero attached hydrogens (tertiary/aromatic N) is 2. The smallest absolute Gasteiger partial charge is 0.293 e. The molecule has 1 aromatic rings. The number of nitriles is 1. The molecule has 0 N–H and O–H groups in total. The summed E-state index contributed by atoms with van der Waals surface area (Å²) in [4.78, 5) is 12.7. The van der Waals surface area contributed by atoms with Crippen molar-refractivity contribution in [3.05, 3.63) is 29.3 Å². The van der Waals surface area contributed by atoms with E-state index in [2.05, 4.69) is 11.0 Å². The van der Waals surface area contributed by atoms with Gasteiger partial charge in [-0.15, -0.1) is 0 Å². The molecule has 1 aromatic carbocycles. The third kappa shape index (κ3) is 2.86. The molecule has 1 saturated heterocycles. The third-order valence-electron chi connectivity index (χ3n) is 4.26. The van der Waals surface area contributed by atoms with Crippen LogP contribution < -0.4 is 4.74 Å². The van der Waals surface area contributed by atoms with Crippen LogP contribution in [0, 0.1) is 11.3 Å². The SMILES string of the molecule is N#Cc1ccc2c(c1)CCC(N1CCCC1COC=O)O2. The molecule has 2 atom stereocenters. The molecule has 5 heteroatoms. The van der Waals surface area contributed by atoms with E-state index in [4.69, 9.17) is 14.7 Å². The van der Waals surface area contributed by atoms with Crippen molar-refractivity contribution in [3.8, 4) is 11.8 Å². The fourth-order valence-corrected chi connectivity index (χ4v) is 3.24. The predicted molar refractivity (Wildman–Crippen MR) is 75.6 cm³/mol. The lowest BCUT2D eigenvalue weighted by Crippen LogP contribution is -2.46. The van der Waals surface area contributed by atoms with E-state index in [1.807, 2.05) is 12.1 Å². The Morgan fingerprint density at radius 3 is 3.19 bits per heavy atom. The number of ether oxygens (including phenoxy) is 2. The van der Waals surface area contributed by atoms with Gasteiger partial charge in [0.15, 0.2) is 6.23 Å². The number of likely N-dealkylation sites (tertiary alicyclic amines) is 1. The van der Waals surface area contributed by atoms with E-state index in [0.717, 1.165) is 43.5 Å². The number of fused-ring (bicyclic) bond motifs is 1. The van der Waals surface area contributed by atoms with Crippen molar-refractivity contribution in [2.24, 2.45) is 0 Å². The van der Waals surface area contributed by atoms with Crippen LogP contribution in [0.1, 0.15) is 30.4 Å². The Morgan fingerprint density at radius 1 is 1.48 bits per heavy atom. The molecule has 110 valence electrons. The summed E-state index contributed by atoms with van der Waals surface area (Å²) < 4.78 is 11.0. The summed E-state index contributed by atoms with van der Waals surface area (Å²) >= 11 is 0. The normalized spacial score (nSPS) is 24.7. The molecule has 0 saturated carbocycles. The van der Waals surface area contributed by atoms with Crippen LogP contribution in [0.15, 0.2) is 18.2 Å². The highest BCUT2D eigenvalue weighted by Gasteiger charge is 2.34. The van der Waals surface area contributed by atoms with E-state index in [9.17, 15) is 4.79 Å². The number of carbonyl (C=O) groups excluding carboxylic acids is 1. The second-order valence-corrected chi connectivity index (χ2v) is 5.51. The lowest BCUT2D eigenvalue weighted by molar-refractivity contribution is -0.131. The van der Waals surface area contributed by atoms with Crippen LogP contribution in [-0.4, -0.2) is 36.8 Å². The molecule has 0 radical (unpaired) electrons. The van der Waals surface area contributed by atoms with Crippen molar-refractivity contribution < 1.29 is 14.3 Å². The van der Waals surface area contributed by atoms with Gasteiger partial charge in [0.2, 0.25) is 0 Å². The first kappa shape index (κ1) is 13.9. The third-order valence-corrected chi connectivity index (χ3v) is 4.26. The van der Waals surface area contributed by atoms with Crippen LogP contribution in [0.3, 0.4) is 0 Å². The Bertz CT molecular complexity index is 567. The molecule has 2 unspecified atom stereocenters.